The van der Waals surface area contributed by atoms with E-state index in [1.807, 2.05) is 0 Å². The van der Waals surface area contributed by atoms with Crippen LogP contribution in [0.3, 0.4) is 0 Å². The molecule has 0 saturated carbocycles. The monoisotopic (exact) mass is 459 g/mol. The minimum atomic E-state index is -0.424. The molecule has 6 nitrogen and oxygen atoms in total. The number of carbonyl (C=O) groups is 2. The van der Waals surface area contributed by atoms with Crippen molar-refractivity contribution in [1.29, 1.82) is 0 Å². The molecule has 1 amide bonds. The van der Waals surface area contributed by atoms with Crippen molar-refractivity contribution >= 4 is 56.9 Å². The Hall–Kier alpha value is -2.77. The zero-order chi connectivity index (χ0) is 22.1. The summed E-state index contributed by atoms with van der Waals surface area (Å²) in [6.07, 6.45) is 5.66. The highest BCUT2D eigenvalue weighted by atomic mass is 35.5. The Morgan fingerprint density at radius 2 is 2.10 bits per heavy atom. The second-order valence-corrected chi connectivity index (χ2v) is 9.09. The molecule has 1 aromatic carbocycles. The van der Waals surface area contributed by atoms with Gasteiger partial charge in [-0.05, 0) is 49.0 Å². The van der Waals surface area contributed by atoms with Gasteiger partial charge in [0.1, 0.15) is 10.8 Å². The summed E-state index contributed by atoms with van der Waals surface area (Å²) in [6.45, 7) is 2.19. The molecule has 2 heterocycles. The van der Waals surface area contributed by atoms with Gasteiger partial charge in [0.15, 0.2) is 11.3 Å². The van der Waals surface area contributed by atoms with Gasteiger partial charge < -0.3 is 19.2 Å². The third-order valence-corrected chi connectivity index (χ3v) is 6.71. The summed E-state index contributed by atoms with van der Waals surface area (Å²) in [4.78, 5) is 26.1. The molecule has 8 heteroatoms. The second kappa shape index (κ2) is 8.77. The van der Waals surface area contributed by atoms with E-state index in [9.17, 15) is 9.59 Å². The number of amides is 1. The van der Waals surface area contributed by atoms with Gasteiger partial charge in [0.05, 0.1) is 19.8 Å². The summed E-state index contributed by atoms with van der Waals surface area (Å²) in [7, 11) is 2.89. The summed E-state index contributed by atoms with van der Waals surface area (Å²) in [5.74, 6) is 0.777. The van der Waals surface area contributed by atoms with Crippen molar-refractivity contribution in [2.24, 2.45) is 5.92 Å². The minimum absolute atomic E-state index is 0.359. The average Bonchev–Trinajstić information content (AvgIpc) is 3.31. The van der Waals surface area contributed by atoms with Crippen LogP contribution in [0.5, 0.6) is 5.75 Å². The maximum atomic E-state index is 12.6. The van der Waals surface area contributed by atoms with E-state index >= 15 is 0 Å². The Kier molecular flexibility index (Phi) is 6.07. The van der Waals surface area contributed by atoms with Crippen molar-refractivity contribution < 1.29 is 23.5 Å². The van der Waals surface area contributed by atoms with Crippen molar-refractivity contribution in [3.8, 4) is 5.75 Å². The summed E-state index contributed by atoms with van der Waals surface area (Å²) in [6, 6.07) is 5.21. The second-order valence-electron chi connectivity index (χ2n) is 7.55. The van der Waals surface area contributed by atoms with E-state index in [1.165, 1.54) is 31.6 Å². The largest absolute Gasteiger partial charge is 0.493 e. The highest BCUT2D eigenvalue weighted by Gasteiger charge is 2.28. The third-order valence-electron chi connectivity index (χ3n) is 5.32. The lowest BCUT2D eigenvalue weighted by Gasteiger charge is -2.18. The van der Waals surface area contributed by atoms with Gasteiger partial charge in [0, 0.05) is 27.4 Å². The van der Waals surface area contributed by atoms with E-state index in [0.29, 0.717) is 38.6 Å². The Balaban J connectivity index is 1.57. The molecule has 0 spiro atoms. The van der Waals surface area contributed by atoms with Gasteiger partial charge in [-0.1, -0.05) is 18.5 Å². The fourth-order valence-corrected chi connectivity index (χ4v) is 5.43. The lowest BCUT2D eigenvalue weighted by molar-refractivity contribution is -0.111. The zero-order valence-electron chi connectivity index (χ0n) is 17.4. The predicted molar refractivity (Wildman–Crippen MR) is 122 cm³/mol. The van der Waals surface area contributed by atoms with Gasteiger partial charge in [-0.25, -0.2) is 4.79 Å². The van der Waals surface area contributed by atoms with E-state index in [2.05, 4.69) is 12.2 Å². The normalized spacial score (nSPS) is 15.8. The molecule has 3 aromatic rings. The Bertz CT molecular complexity index is 1190. The number of halogens is 1. The van der Waals surface area contributed by atoms with Crippen LogP contribution in [0.15, 0.2) is 28.7 Å². The fraction of sp³-hybridized carbons (Fsp3) is 0.304. The van der Waals surface area contributed by atoms with Gasteiger partial charge in [-0.3, -0.25) is 4.79 Å². The standard InChI is InChI=1S/C23H22ClNO5S/c1-12-4-6-16-18(8-12)31-22(20(16)23(27)29-3)25-19(26)7-5-15-10-13-9-14(24)11-17(28-2)21(13)30-15/h5,7,9-12H,4,6,8H2,1-3H3,(H,25,26)/b7-5+. The first kappa shape index (κ1) is 21.5. The topological polar surface area (TPSA) is 77.8 Å². The molecule has 1 atom stereocenters. The van der Waals surface area contributed by atoms with Crippen molar-refractivity contribution in [1.82, 2.24) is 0 Å². The molecule has 0 radical (unpaired) electrons. The van der Waals surface area contributed by atoms with Crippen LogP contribution >= 0.6 is 22.9 Å². The molecule has 2 aromatic heterocycles. The maximum Gasteiger partial charge on any atom is 0.341 e. The summed E-state index contributed by atoms with van der Waals surface area (Å²) in [5.41, 5.74) is 2.02. The van der Waals surface area contributed by atoms with Crippen LogP contribution in [0.2, 0.25) is 5.02 Å². The van der Waals surface area contributed by atoms with E-state index in [-0.39, 0.29) is 5.91 Å². The van der Waals surface area contributed by atoms with Crippen LogP contribution in [0.1, 0.15) is 39.9 Å². The lowest BCUT2D eigenvalue weighted by atomic mass is 9.88. The van der Waals surface area contributed by atoms with Gasteiger partial charge in [-0.2, -0.15) is 0 Å². The number of hydrogen-bond donors (Lipinski definition) is 1. The molecule has 4 rings (SSSR count). The van der Waals surface area contributed by atoms with Crippen LogP contribution in [0.25, 0.3) is 17.0 Å². The van der Waals surface area contributed by atoms with Crippen LogP contribution < -0.4 is 10.1 Å². The average molecular weight is 460 g/mol. The number of thiophene rings is 1. The summed E-state index contributed by atoms with van der Waals surface area (Å²) in [5, 5.41) is 4.67. The van der Waals surface area contributed by atoms with Crippen LogP contribution in [-0.2, 0) is 22.4 Å². The number of carbonyl (C=O) groups excluding carboxylic acids is 2. The number of rotatable bonds is 5. The van der Waals surface area contributed by atoms with Gasteiger partial charge >= 0.3 is 5.97 Å². The summed E-state index contributed by atoms with van der Waals surface area (Å²) < 4.78 is 16.0. The molecule has 1 aliphatic rings. The number of hydrogen-bond acceptors (Lipinski definition) is 6. The molecular formula is C23H22ClNO5S. The van der Waals surface area contributed by atoms with Crippen LogP contribution in [0.4, 0.5) is 5.00 Å². The van der Waals surface area contributed by atoms with E-state index < -0.39 is 5.97 Å². The van der Waals surface area contributed by atoms with Crippen molar-refractivity contribution in [2.45, 2.75) is 26.2 Å². The third kappa shape index (κ3) is 4.34. The number of anilines is 1. The Morgan fingerprint density at radius 3 is 2.84 bits per heavy atom. The van der Waals surface area contributed by atoms with Gasteiger partial charge in [0.25, 0.3) is 0 Å². The van der Waals surface area contributed by atoms with Gasteiger partial charge in [0.2, 0.25) is 5.91 Å². The van der Waals surface area contributed by atoms with Crippen molar-refractivity contribution in [3.05, 3.63) is 51.1 Å². The molecular weight excluding hydrogens is 438 g/mol. The molecule has 0 bridgehead atoms. The maximum absolute atomic E-state index is 12.6. The van der Waals surface area contributed by atoms with E-state index in [1.54, 1.807) is 24.3 Å². The molecule has 31 heavy (non-hydrogen) atoms. The molecule has 162 valence electrons. The first-order valence-electron chi connectivity index (χ1n) is 9.88. The van der Waals surface area contributed by atoms with Gasteiger partial charge in [-0.15, -0.1) is 11.3 Å². The zero-order valence-corrected chi connectivity index (χ0v) is 19.0. The molecule has 0 fully saturated rings. The Labute approximate surface area is 188 Å². The summed E-state index contributed by atoms with van der Waals surface area (Å²) >= 11 is 7.54. The predicted octanol–water partition coefficient (Wildman–Crippen LogP) is 5.72. The van der Waals surface area contributed by atoms with Crippen molar-refractivity contribution in [3.63, 3.8) is 0 Å². The van der Waals surface area contributed by atoms with Crippen LogP contribution in [0, 0.1) is 5.92 Å². The number of nitrogens with one attached hydrogen (secondary N) is 1. The van der Waals surface area contributed by atoms with E-state index in [0.717, 1.165) is 35.1 Å². The number of fused-ring (bicyclic) bond motifs is 2. The quantitative estimate of drug-likeness (QED) is 0.390. The molecule has 1 unspecified atom stereocenters. The van der Waals surface area contributed by atoms with Crippen molar-refractivity contribution in [2.75, 3.05) is 19.5 Å². The molecule has 0 aliphatic heterocycles. The molecule has 0 saturated heterocycles. The number of esters is 1. The number of benzene rings is 1. The first-order chi connectivity index (χ1) is 14.9. The number of ether oxygens (including phenoxy) is 2. The molecule has 1 N–H and O–H groups in total. The number of furan rings is 1. The highest BCUT2D eigenvalue weighted by molar-refractivity contribution is 7.17. The SMILES string of the molecule is COC(=O)c1c(NC(=O)/C=C/c2cc3cc(Cl)cc(OC)c3o2)sc2c1CCC(C)C2. The molecule has 1 aliphatic carbocycles. The smallest absolute Gasteiger partial charge is 0.341 e. The van der Waals surface area contributed by atoms with Crippen LogP contribution in [-0.4, -0.2) is 26.1 Å². The Morgan fingerprint density at radius 1 is 1.29 bits per heavy atom. The number of methoxy groups -OCH3 is 2. The fourth-order valence-electron chi connectivity index (χ4n) is 3.81. The lowest BCUT2D eigenvalue weighted by Crippen LogP contribution is -2.14. The highest BCUT2D eigenvalue weighted by Crippen LogP contribution is 2.40. The minimum Gasteiger partial charge on any atom is -0.493 e. The first-order valence-corrected chi connectivity index (χ1v) is 11.1. The van der Waals surface area contributed by atoms with E-state index in [4.69, 9.17) is 25.5 Å².